The Kier molecular flexibility index (Phi) is 5.48. The van der Waals surface area contributed by atoms with E-state index in [4.69, 9.17) is 5.73 Å². The lowest BCUT2D eigenvalue weighted by Crippen LogP contribution is -2.23. The summed E-state index contributed by atoms with van der Waals surface area (Å²) in [6.45, 7) is 2.07. The number of aromatic amines is 1. The Morgan fingerprint density at radius 2 is 1.93 bits per heavy atom. The molecule has 3 aromatic rings. The van der Waals surface area contributed by atoms with Crippen LogP contribution >= 0.6 is 0 Å². The normalized spacial score (nSPS) is 14.2. The molecule has 1 atom stereocenters. The molecule has 0 fully saturated rings. The van der Waals surface area contributed by atoms with E-state index in [1.165, 1.54) is 6.07 Å². The molecule has 1 aliphatic rings. The SMILES string of the molecule is CC(Cc1n[nH]c(=O)c2c1CCCC2)c1ccc(F)c(-c2cccc(C(N)=O)c2)c1. The van der Waals surface area contributed by atoms with Crippen molar-refractivity contribution in [1.82, 2.24) is 10.2 Å². The van der Waals surface area contributed by atoms with Gasteiger partial charge in [-0.25, -0.2) is 9.49 Å². The smallest absolute Gasteiger partial charge is 0.267 e. The Morgan fingerprint density at radius 1 is 1.17 bits per heavy atom. The van der Waals surface area contributed by atoms with Crippen LogP contribution in [-0.2, 0) is 19.3 Å². The summed E-state index contributed by atoms with van der Waals surface area (Å²) in [7, 11) is 0. The molecule has 0 saturated carbocycles. The Morgan fingerprint density at radius 3 is 2.70 bits per heavy atom. The average Bonchev–Trinajstić information content (AvgIpc) is 2.76. The second kappa shape index (κ2) is 8.22. The molecule has 0 radical (unpaired) electrons. The molecule has 1 aromatic heterocycles. The first-order valence-corrected chi connectivity index (χ1v) is 10.2. The number of nitrogens with one attached hydrogen (secondary N) is 1. The summed E-state index contributed by atoms with van der Waals surface area (Å²) in [5.41, 5.74) is 10.5. The van der Waals surface area contributed by atoms with Crippen LogP contribution < -0.4 is 11.3 Å². The van der Waals surface area contributed by atoms with Crippen molar-refractivity contribution in [2.45, 2.75) is 44.9 Å². The number of hydrogen-bond donors (Lipinski definition) is 2. The van der Waals surface area contributed by atoms with E-state index in [1.54, 1.807) is 30.3 Å². The number of nitrogens with zero attached hydrogens (tertiary/aromatic N) is 1. The molecule has 3 N–H and O–H groups in total. The molecule has 1 unspecified atom stereocenters. The van der Waals surface area contributed by atoms with Crippen LogP contribution in [0.25, 0.3) is 11.1 Å². The molecule has 1 heterocycles. The molecule has 0 saturated heterocycles. The van der Waals surface area contributed by atoms with Crippen molar-refractivity contribution in [3.8, 4) is 11.1 Å². The lowest BCUT2D eigenvalue weighted by Gasteiger charge is -2.20. The number of nitrogens with two attached hydrogens (primary N) is 1. The molecule has 0 spiro atoms. The number of primary amides is 1. The molecule has 2 aromatic carbocycles. The minimum atomic E-state index is -0.546. The highest BCUT2D eigenvalue weighted by Crippen LogP contribution is 2.30. The number of aromatic nitrogens is 2. The number of rotatable bonds is 5. The van der Waals surface area contributed by atoms with Crippen LogP contribution in [0.4, 0.5) is 4.39 Å². The first-order valence-electron chi connectivity index (χ1n) is 10.2. The Labute approximate surface area is 174 Å². The van der Waals surface area contributed by atoms with E-state index < -0.39 is 5.91 Å². The van der Waals surface area contributed by atoms with Gasteiger partial charge in [0.15, 0.2) is 0 Å². The fraction of sp³-hybridized carbons (Fsp3) is 0.292. The molecule has 0 bridgehead atoms. The topological polar surface area (TPSA) is 88.8 Å². The van der Waals surface area contributed by atoms with Crippen LogP contribution in [-0.4, -0.2) is 16.1 Å². The largest absolute Gasteiger partial charge is 0.366 e. The van der Waals surface area contributed by atoms with E-state index >= 15 is 0 Å². The summed E-state index contributed by atoms with van der Waals surface area (Å²) < 4.78 is 14.6. The maximum atomic E-state index is 14.6. The predicted octanol–water partition coefficient (Wildman–Crippen LogP) is 3.90. The van der Waals surface area contributed by atoms with E-state index in [2.05, 4.69) is 17.1 Å². The van der Waals surface area contributed by atoms with Gasteiger partial charge < -0.3 is 5.73 Å². The molecular weight excluding hydrogens is 381 g/mol. The van der Waals surface area contributed by atoms with Crippen LogP contribution in [0, 0.1) is 5.82 Å². The number of benzene rings is 2. The summed E-state index contributed by atoms with van der Waals surface area (Å²) in [4.78, 5) is 23.6. The van der Waals surface area contributed by atoms with Crippen molar-refractivity contribution in [3.05, 3.63) is 86.6 Å². The number of carbonyl (C=O) groups excluding carboxylic acids is 1. The minimum Gasteiger partial charge on any atom is -0.366 e. The number of fused-ring (bicyclic) bond motifs is 1. The highest BCUT2D eigenvalue weighted by atomic mass is 19.1. The molecule has 6 heteroatoms. The number of hydrogen-bond acceptors (Lipinski definition) is 3. The second-order valence-electron chi connectivity index (χ2n) is 7.95. The van der Waals surface area contributed by atoms with E-state index in [0.717, 1.165) is 48.1 Å². The van der Waals surface area contributed by atoms with Crippen LogP contribution in [0.2, 0.25) is 0 Å². The molecule has 4 rings (SSSR count). The molecule has 5 nitrogen and oxygen atoms in total. The van der Waals surface area contributed by atoms with E-state index in [0.29, 0.717) is 23.1 Å². The van der Waals surface area contributed by atoms with E-state index in [9.17, 15) is 14.0 Å². The molecule has 1 amide bonds. The van der Waals surface area contributed by atoms with Crippen molar-refractivity contribution in [2.75, 3.05) is 0 Å². The Bertz CT molecular complexity index is 1170. The predicted molar refractivity (Wildman–Crippen MR) is 114 cm³/mol. The third kappa shape index (κ3) is 3.90. The Balaban J connectivity index is 1.66. The third-order valence-corrected chi connectivity index (χ3v) is 5.90. The first-order chi connectivity index (χ1) is 14.4. The first kappa shape index (κ1) is 20.0. The molecule has 0 aliphatic heterocycles. The van der Waals surface area contributed by atoms with Gasteiger partial charge in [0.1, 0.15) is 5.82 Å². The van der Waals surface area contributed by atoms with Gasteiger partial charge in [-0.05, 0) is 79.0 Å². The van der Waals surface area contributed by atoms with Crippen LogP contribution in [0.3, 0.4) is 0 Å². The average molecular weight is 405 g/mol. The van der Waals surface area contributed by atoms with Gasteiger partial charge in [0.25, 0.3) is 5.56 Å². The summed E-state index contributed by atoms with van der Waals surface area (Å²) in [5.74, 6) is -0.823. The van der Waals surface area contributed by atoms with Crippen LogP contribution in [0.5, 0.6) is 0 Å². The van der Waals surface area contributed by atoms with Gasteiger partial charge in [0, 0.05) is 16.7 Å². The second-order valence-corrected chi connectivity index (χ2v) is 7.95. The van der Waals surface area contributed by atoms with Crippen molar-refractivity contribution >= 4 is 5.91 Å². The summed E-state index contributed by atoms with van der Waals surface area (Å²) in [5, 5.41) is 6.96. The number of halogens is 1. The zero-order chi connectivity index (χ0) is 21.3. The fourth-order valence-electron chi connectivity index (χ4n) is 4.21. The molecule has 30 heavy (non-hydrogen) atoms. The number of H-pyrrole nitrogens is 1. The lowest BCUT2D eigenvalue weighted by atomic mass is 9.87. The quantitative estimate of drug-likeness (QED) is 0.675. The molecular formula is C24H24FN3O2. The van der Waals surface area contributed by atoms with Crippen molar-refractivity contribution in [2.24, 2.45) is 5.73 Å². The minimum absolute atomic E-state index is 0.0769. The third-order valence-electron chi connectivity index (χ3n) is 5.90. The summed E-state index contributed by atoms with van der Waals surface area (Å²) in [6.07, 6.45) is 4.43. The zero-order valence-corrected chi connectivity index (χ0v) is 16.9. The van der Waals surface area contributed by atoms with Crippen molar-refractivity contribution in [1.29, 1.82) is 0 Å². The maximum absolute atomic E-state index is 14.6. The van der Waals surface area contributed by atoms with E-state index in [-0.39, 0.29) is 17.3 Å². The van der Waals surface area contributed by atoms with Gasteiger partial charge in [-0.1, -0.05) is 25.1 Å². The van der Waals surface area contributed by atoms with Crippen molar-refractivity contribution in [3.63, 3.8) is 0 Å². The van der Waals surface area contributed by atoms with Gasteiger partial charge in [-0.2, -0.15) is 5.10 Å². The molecule has 1 aliphatic carbocycles. The zero-order valence-electron chi connectivity index (χ0n) is 16.9. The highest BCUT2D eigenvalue weighted by Gasteiger charge is 2.20. The maximum Gasteiger partial charge on any atom is 0.267 e. The van der Waals surface area contributed by atoms with E-state index in [1.807, 2.05) is 6.07 Å². The van der Waals surface area contributed by atoms with Crippen LogP contribution in [0.15, 0.2) is 47.3 Å². The standard InChI is InChI=1S/C24H24FN3O2/c1-14(11-22-18-7-2-3-8-19(18)24(30)28-27-22)15-9-10-21(25)20(13-15)16-5-4-6-17(12-16)23(26)29/h4-6,9-10,12-14H,2-3,7-8,11H2,1H3,(H2,26,29)(H,28,30). The lowest BCUT2D eigenvalue weighted by molar-refractivity contribution is 0.100. The summed E-state index contributed by atoms with van der Waals surface area (Å²) >= 11 is 0. The van der Waals surface area contributed by atoms with Crippen molar-refractivity contribution < 1.29 is 9.18 Å². The van der Waals surface area contributed by atoms with Gasteiger partial charge in [0.05, 0.1) is 5.69 Å². The van der Waals surface area contributed by atoms with Crippen LogP contribution in [0.1, 0.15) is 58.4 Å². The fourth-order valence-corrected chi connectivity index (χ4v) is 4.21. The number of amides is 1. The highest BCUT2D eigenvalue weighted by molar-refractivity contribution is 5.94. The van der Waals surface area contributed by atoms with Gasteiger partial charge in [-0.15, -0.1) is 0 Å². The summed E-state index contributed by atoms with van der Waals surface area (Å²) in [6, 6.07) is 11.7. The van der Waals surface area contributed by atoms with Gasteiger partial charge >= 0.3 is 0 Å². The Hall–Kier alpha value is -3.28. The molecule has 154 valence electrons. The monoisotopic (exact) mass is 405 g/mol. The van der Waals surface area contributed by atoms with Gasteiger partial charge in [-0.3, -0.25) is 9.59 Å². The number of carbonyl (C=O) groups is 1. The van der Waals surface area contributed by atoms with Gasteiger partial charge in [0.2, 0.25) is 5.91 Å².